The van der Waals surface area contributed by atoms with Gasteiger partial charge in [0.15, 0.2) is 0 Å². The molecule has 2 aromatic rings. The summed E-state index contributed by atoms with van der Waals surface area (Å²) < 4.78 is 45.0. The van der Waals surface area contributed by atoms with Crippen LogP contribution in [0.3, 0.4) is 0 Å². The number of aromatic nitrogens is 4. The standard InChI is InChI=1S/C16H21F3N6O3/c1-4-28-15(27)11-7-21-24(3)14(11)22-13(26)9-23(2)8-12-20-5-6-25(12)10-16(17,18)19/h5-7H,4,8-10H2,1-3H3,(H,22,26). The summed E-state index contributed by atoms with van der Waals surface area (Å²) in [6, 6.07) is 0. The van der Waals surface area contributed by atoms with E-state index < -0.39 is 24.6 Å². The van der Waals surface area contributed by atoms with Crippen molar-refractivity contribution in [2.24, 2.45) is 7.05 Å². The molecule has 0 aromatic carbocycles. The van der Waals surface area contributed by atoms with Crippen molar-refractivity contribution in [2.45, 2.75) is 26.2 Å². The first-order valence-corrected chi connectivity index (χ1v) is 8.35. The van der Waals surface area contributed by atoms with Crippen LogP contribution in [0, 0.1) is 0 Å². The summed E-state index contributed by atoms with van der Waals surface area (Å²) in [7, 11) is 3.12. The zero-order valence-electron chi connectivity index (χ0n) is 15.7. The van der Waals surface area contributed by atoms with Crippen LogP contribution in [0.5, 0.6) is 0 Å². The van der Waals surface area contributed by atoms with Crippen molar-refractivity contribution in [2.75, 3.05) is 25.5 Å². The average Bonchev–Trinajstić information content (AvgIpc) is 3.13. The fraction of sp³-hybridized carbons (Fsp3) is 0.500. The Morgan fingerprint density at radius 1 is 1.36 bits per heavy atom. The molecule has 0 unspecified atom stereocenters. The Morgan fingerprint density at radius 3 is 2.71 bits per heavy atom. The van der Waals surface area contributed by atoms with Crippen molar-refractivity contribution in [1.82, 2.24) is 24.2 Å². The molecular weight excluding hydrogens is 381 g/mol. The third-order valence-electron chi connectivity index (χ3n) is 3.67. The minimum atomic E-state index is -4.37. The predicted molar refractivity (Wildman–Crippen MR) is 92.4 cm³/mol. The number of carbonyl (C=O) groups excluding carboxylic acids is 2. The summed E-state index contributed by atoms with van der Waals surface area (Å²) in [5, 5.41) is 6.50. The van der Waals surface area contributed by atoms with Gasteiger partial charge < -0.3 is 14.6 Å². The maximum Gasteiger partial charge on any atom is 0.406 e. The van der Waals surface area contributed by atoms with E-state index in [1.54, 1.807) is 21.0 Å². The highest BCUT2D eigenvalue weighted by molar-refractivity contribution is 6.00. The number of imidazole rings is 1. The lowest BCUT2D eigenvalue weighted by Crippen LogP contribution is -2.32. The second-order valence-corrected chi connectivity index (χ2v) is 6.06. The van der Waals surface area contributed by atoms with E-state index in [1.165, 1.54) is 28.2 Å². The van der Waals surface area contributed by atoms with Crippen LogP contribution in [-0.4, -0.2) is 62.5 Å². The average molecular weight is 402 g/mol. The van der Waals surface area contributed by atoms with Crippen molar-refractivity contribution in [3.8, 4) is 0 Å². The first kappa shape index (κ1) is 21.4. The Morgan fingerprint density at radius 2 is 2.07 bits per heavy atom. The molecule has 0 saturated carbocycles. The number of ether oxygens (including phenoxy) is 1. The van der Waals surface area contributed by atoms with E-state index in [2.05, 4.69) is 15.4 Å². The highest BCUT2D eigenvalue weighted by atomic mass is 19.4. The number of nitrogens with one attached hydrogen (secondary N) is 1. The number of halogens is 3. The van der Waals surface area contributed by atoms with Crippen molar-refractivity contribution >= 4 is 17.7 Å². The van der Waals surface area contributed by atoms with Gasteiger partial charge in [-0.05, 0) is 14.0 Å². The van der Waals surface area contributed by atoms with Gasteiger partial charge in [0.2, 0.25) is 5.91 Å². The van der Waals surface area contributed by atoms with Gasteiger partial charge in [0, 0.05) is 19.4 Å². The molecule has 1 N–H and O–H groups in total. The molecular formula is C16H21F3N6O3. The molecule has 0 radical (unpaired) electrons. The maximum absolute atomic E-state index is 12.6. The number of esters is 1. The Labute approximate surface area is 159 Å². The first-order chi connectivity index (χ1) is 13.1. The van der Waals surface area contributed by atoms with Gasteiger partial charge in [0.1, 0.15) is 23.8 Å². The molecule has 0 fully saturated rings. The fourth-order valence-electron chi connectivity index (χ4n) is 2.49. The molecule has 0 atom stereocenters. The highest BCUT2D eigenvalue weighted by Crippen LogP contribution is 2.19. The van der Waals surface area contributed by atoms with E-state index in [9.17, 15) is 22.8 Å². The number of aryl methyl sites for hydroxylation is 1. The minimum Gasteiger partial charge on any atom is -0.462 e. The van der Waals surface area contributed by atoms with Crippen LogP contribution in [0.4, 0.5) is 19.0 Å². The molecule has 0 aliphatic heterocycles. The summed E-state index contributed by atoms with van der Waals surface area (Å²) >= 11 is 0. The van der Waals surface area contributed by atoms with Crippen LogP contribution >= 0.6 is 0 Å². The van der Waals surface area contributed by atoms with Crippen LogP contribution in [0.15, 0.2) is 18.6 Å². The summed E-state index contributed by atoms with van der Waals surface area (Å²) in [5.74, 6) is -0.727. The molecule has 0 bridgehead atoms. The number of carbonyl (C=O) groups is 2. The van der Waals surface area contributed by atoms with Crippen molar-refractivity contribution in [3.63, 3.8) is 0 Å². The smallest absolute Gasteiger partial charge is 0.406 e. The van der Waals surface area contributed by atoms with Crippen LogP contribution in [0.2, 0.25) is 0 Å². The number of hydrogen-bond donors (Lipinski definition) is 1. The van der Waals surface area contributed by atoms with Gasteiger partial charge in [-0.3, -0.25) is 14.4 Å². The van der Waals surface area contributed by atoms with Crippen molar-refractivity contribution < 1.29 is 27.5 Å². The lowest BCUT2D eigenvalue weighted by molar-refractivity contribution is -0.141. The monoisotopic (exact) mass is 402 g/mol. The van der Waals surface area contributed by atoms with Gasteiger partial charge in [0.25, 0.3) is 0 Å². The summed E-state index contributed by atoms with van der Waals surface area (Å²) in [6.07, 6.45) is -0.575. The molecule has 1 amide bonds. The molecule has 154 valence electrons. The second kappa shape index (κ2) is 8.87. The van der Waals surface area contributed by atoms with E-state index >= 15 is 0 Å². The van der Waals surface area contributed by atoms with Gasteiger partial charge in [-0.25, -0.2) is 9.78 Å². The van der Waals surface area contributed by atoms with Crippen LogP contribution in [-0.2, 0) is 29.7 Å². The third-order valence-corrected chi connectivity index (χ3v) is 3.67. The fourth-order valence-corrected chi connectivity index (χ4v) is 2.49. The summed E-state index contributed by atoms with van der Waals surface area (Å²) in [5.41, 5.74) is 0.112. The van der Waals surface area contributed by atoms with Crippen LogP contribution < -0.4 is 5.32 Å². The molecule has 0 spiro atoms. The molecule has 2 heterocycles. The van der Waals surface area contributed by atoms with Gasteiger partial charge in [0.05, 0.1) is 25.9 Å². The van der Waals surface area contributed by atoms with Crippen molar-refractivity contribution in [1.29, 1.82) is 0 Å². The van der Waals surface area contributed by atoms with E-state index in [4.69, 9.17) is 4.74 Å². The Bertz CT molecular complexity index is 830. The minimum absolute atomic E-state index is 0.0343. The molecule has 28 heavy (non-hydrogen) atoms. The number of alkyl halides is 3. The quantitative estimate of drug-likeness (QED) is 0.672. The number of likely N-dealkylation sites (N-methyl/N-ethyl adjacent to an activating group) is 1. The second-order valence-electron chi connectivity index (χ2n) is 6.06. The molecule has 12 heteroatoms. The van der Waals surface area contributed by atoms with Gasteiger partial charge in [-0.15, -0.1) is 0 Å². The molecule has 2 aromatic heterocycles. The van der Waals surface area contributed by atoms with Crippen molar-refractivity contribution in [3.05, 3.63) is 30.0 Å². The van der Waals surface area contributed by atoms with E-state index in [1.807, 2.05) is 0 Å². The SMILES string of the molecule is CCOC(=O)c1cnn(C)c1NC(=O)CN(C)Cc1nccn1CC(F)(F)F. The largest absolute Gasteiger partial charge is 0.462 e. The molecule has 9 nitrogen and oxygen atoms in total. The topological polar surface area (TPSA) is 94.3 Å². The van der Waals surface area contributed by atoms with Gasteiger partial charge in [-0.1, -0.05) is 0 Å². The van der Waals surface area contributed by atoms with Gasteiger partial charge in [-0.2, -0.15) is 18.3 Å². The van der Waals surface area contributed by atoms with E-state index in [0.29, 0.717) is 0 Å². The van der Waals surface area contributed by atoms with Gasteiger partial charge >= 0.3 is 12.1 Å². The third kappa shape index (κ3) is 5.81. The molecule has 2 rings (SSSR count). The Hall–Kier alpha value is -2.89. The highest BCUT2D eigenvalue weighted by Gasteiger charge is 2.29. The van der Waals surface area contributed by atoms with E-state index in [-0.39, 0.29) is 36.9 Å². The lowest BCUT2D eigenvalue weighted by atomic mass is 10.3. The normalized spacial score (nSPS) is 11.7. The zero-order chi connectivity index (χ0) is 20.9. The van der Waals surface area contributed by atoms with Crippen LogP contribution in [0.25, 0.3) is 0 Å². The zero-order valence-corrected chi connectivity index (χ0v) is 15.7. The first-order valence-electron chi connectivity index (χ1n) is 8.35. The Kier molecular flexibility index (Phi) is 6.78. The maximum atomic E-state index is 12.6. The molecule has 0 aliphatic rings. The summed E-state index contributed by atoms with van der Waals surface area (Å²) in [6.45, 7) is 0.581. The number of nitrogens with zero attached hydrogens (tertiary/aromatic N) is 5. The number of rotatable bonds is 8. The predicted octanol–water partition coefficient (Wildman–Crippen LogP) is 1.43. The number of hydrogen-bond acceptors (Lipinski definition) is 6. The van der Waals surface area contributed by atoms with E-state index in [0.717, 1.165) is 4.57 Å². The number of amides is 1. The summed E-state index contributed by atoms with van der Waals surface area (Å²) in [4.78, 5) is 29.6. The molecule has 0 aliphatic carbocycles. The van der Waals surface area contributed by atoms with Crippen LogP contribution in [0.1, 0.15) is 23.1 Å². The Balaban J connectivity index is 1.98. The lowest BCUT2D eigenvalue weighted by Gasteiger charge is -2.18. The number of anilines is 1. The molecule has 0 saturated heterocycles.